The zero-order valence-electron chi connectivity index (χ0n) is 17.1. The third-order valence-corrected chi connectivity index (χ3v) is 7.49. The minimum absolute atomic E-state index is 0. The molecule has 0 spiro atoms. The van der Waals surface area contributed by atoms with Crippen molar-refractivity contribution in [2.45, 2.75) is 36.6 Å². The molecule has 0 aliphatic heterocycles. The van der Waals surface area contributed by atoms with E-state index in [-0.39, 0.29) is 41.7 Å². The summed E-state index contributed by atoms with van der Waals surface area (Å²) in [5.41, 5.74) is 4.22. The molecule has 1 saturated carbocycles. The van der Waals surface area contributed by atoms with E-state index < -0.39 is 15.8 Å². The van der Waals surface area contributed by atoms with Crippen molar-refractivity contribution in [2.75, 3.05) is 11.9 Å². The number of hydrogen-bond acceptors (Lipinski definition) is 6. The SMILES string of the molecule is Cl.Cl.O=S(=O)(NC1CCCCC1CNc1cccnc1-c1cscn1)c1ccccc1F. The topological polar surface area (TPSA) is 84.0 Å². The summed E-state index contributed by atoms with van der Waals surface area (Å²) in [6, 6.07) is 9.02. The van der Waals surface area contributed by atoms with Gasteiger partial charge in [0.25, 0.3) is 0 Å². The normalized spacial score (nSPS) is 18.3. The van der Waals surface area contributed by atoms with Gasteiger partial charge in [-0.15, -0.1) is 36.2 Å². The Morgan fingerprint density at radius 3 is 2.59 bits per heavy atom. The van der Waals surface area contributed by atoms with Crippen LogP contribution in [0.2, 0.25) is 0 Å². The number of anilines is 1. The fraction of sp³-hybridized carbons (Fsp3) is 0.333. The highest BCUT2D eigenvalue weighted by molar-refractivity contribution is 7.89. The van der Waals surface area contributed by atoms with Crippen LogP contribution in [0.5, 0.6) is 0 Å². The van der Waals surface area contributed by atoms with Gasteiger partial charge in [-0.1, -0.05) is 25.0 Å². The summed E-state index contributed by atoms with van der Waals surface area (Å²) in [5.74, 6) is -0.650. The molecule has 1 aliphatic rings. The second-order valence-corrected chi connectivity index (χ2v) is 9.76. The molecule has 1 aromatic carbocycles. The van der Waals surface area contributed by atoms with Crippen molar-refractivity contribution in [1.82, 2.24) is 14.7 Å². The van der Waals surface area contributed by atoms with Gasteiger partial charge >= 0.3 is 0 Å². The van der Waals surface area contributed by atoms with Crippen LogP contribution in [-0.4, -0.2) is 31.0 Å². The molecule has 2 atom stereocenters. The van der Waals surface area contributed by atoms with Crippen molar-refractivity contribution in [2.24, 2.45) is 5.92 Å². The van der Waals surface area contributed by atoms with E-state index in [1.54, 1.807) is 11.7 Å². The van der Waals surface area contributed by atoms with Crippen LogP contribution in [0.3, 0.4) is 0 Å². The first-order valence-corrected chi connectivity index (χ1v) is 12.3. The zero-order chi connectivity index (χ0) is 21.0. The molecular weight excluding hydrogens is 494 g/mol. The Hall–Kier alpha value is -1.78. The average molecular weight is 519 g/mol. The number of hydrogen-bond donors (Lipinski definition) is 2. The molecule has 2 aromatic heterocycles. The molecule has 1 aliphatic carbocycles. The van der Waals surface area contributed by atoms with Crippen LogP contribution in [0.1, 0.15) is 25.7 Å². The molecule has 3 aromatic rings. The van der Waals surface area contributed by atoms with Gasteiger partial charge in [-0.05, 0) is 43.0 Å². The molecule has 2 unspecified atom stereocenters. The Balaban J connectivity index is 0.00000181. The number of pyridine rings is 1. The average Bonchev–Trinajstić information content (AvgIpc) is 3.28. The van der Waals surface area contributed by atoms with Gasteiger partial charge in [-0.3, -0.25) is 4.98 Å². The molecule has 0 radical (unpaired) electrons. The van der Waals surface area contributed by atoms with Crippen molar-refractivity contribution in [3.05, 3.63) is 59.3 Å². The smallest absolute Gasteiger partial charge is 0.243 e. The predicted molar refractivity (Wildman–Crippen MR) is 131 cm³/mol. The van der Waals surface area contributed by atoms with Crippen molar-refractivity contribution in [3.63, 3.8) is 0 Å². The quantitative estimate of drug-likeness (QED) is 0.452. The third kappa shape index (κ3) is 6.17. The minimum Gasteiger partial charge on any atom is -0.383 e. The maximum absolute atomic E-state index is 14.0. The largest absolute Gasteiger partial charge is 0.383 e. The van der Waals surface area contributed by atoms with Crippen LogP contribution in [0, 0.1) is 11.7 Å². The van der Waals surface area contributed by atoms with E-state index in [9.17, 15) is 12.8 Å². The molecule has 0 saturated heterocycles. The van der Waals surface area contributed by atoms with E-state index in [1.165, 1.54) is 29.5 Å². The molecule has 2 N–H and O–H groups in total. The number of nitrogens with zero attached hydrogens (tertiary/aromatic N) is 2. The van der Waals surface area contributed by atoms with Gasteiger partial charge < -0.3 is 5.32 Å². The maximum atomic E-state index is 14.0. The summed E-state index contributed by atoms with van der Waals surface area (Å²) in [6.07, 6.45) is 5.33. The Labute approximate surface area is 204 Å². The Kier molecular flexibility index (Phi) is 9.84. The van der Waals surface area contributed by atoms with Crippen LogP contribution >= 0.6 is 36.2 Å². The van der Waals surface area contributed by atoms with Gasteiger partial charge in [0.15, 0.2) is 0 Å². The van der Waals surface area contributed by atoms with Crippen molar-refractivity contribution in [1.29, 1.82) is 0 Å². The van der Waals surface area contributed by atoms with Crippen molar-refractivity contribution >= 4 is 51.9 Å². The number of nitrogens with one attached hydrogen (secondary N) is 2. The first-order valence-electron chi connectivity index (χ1n) is 9.89. The summed E-state index contributed by atoms with van der Waals surface area (Å²) >= 11 is 1.51. The minimum atomic E-state index is -3.92. The lowest BCUT2D eigenvalue weighted by Crippen LogP contribution is -2.44. The Bertz CT molecular complexity index is 1100. The lowest BCUT2D eigenvalue weighted by atomic mass is 9.85. The van der Waals surface area contributed by atoms with Gasteiger partial charge in [-0.25, -0.2) is 22.5 Å². The fourth-order valence-corrected chi connectivity index (χ4v) is 5.81. The highest BCUT2D eigenvalue weighted by Crippen LogP contribution is 2.29. The standard InChI is InChI=1S/C21H23FN4O2S2.2ClH/c22-16-7-2-4-10-20(16)30(27,28)26-17-8-3-1-6-15(17)12-24-18-9-5-11-23-21(18)19-13-29-14-25-19;;/h2,4-5,7,9-11,13-15,17,24,26H,1,3,6,8,12H2;2*1H. The number of benzene rings is 1. The number of halogens is 3. The number of thiazole rings is 1. The van der Waals surface area contributed by atoms with E-state index in [4.69, 9.17) is 0 Å². The van der Waals surface area contributed by atoms with Crippen LogP contribution in [0.25, 0.3) is 11.4 Å². The maximum Gasteiger partial charge on any atom is 0.243 e. The first-order chi connectivity index (χ1) is 14.5. The summed E-state index contributed by atoms with van der Waals surface area (Å²) in [6.45, 7) is 0.591. The molecular formula is C21H25Cl2FN4O2S2. The molecule has 2 heterocycles. The highest BCUT2D eigenvalue weighted by Gasteiger charge is 2.30. The molecule has 6 nitrogen and oxygen atoms in total. The van der Waals surface area contributed by atoms with Crippen LogP contribution < -0.4 is 10.0 Å². The van der Waals surface area contributed by atoms with E-state index in [1.807, 2.05) is 17.5 Å². The van der Waals surface area contributed by atoms with Crippen LogP contribution in [0.4, 0.5) is 10.1 Å². The Morgan fingerprint density at radius 1 is 1.06 bits per heavy atom. The summed E-state index contributed by atoms with van der Waals surface area (Å²) in [5, 5.41) is 5.38. The Morgan fingerprint density at radius 2 is 1.84 bits per heavy atom. The van der Waals surface area contributed by atoms with Gasteiger partial charge in [0.2, 0.25) is 10.0 Å². The van der Waals surface area contributed by atoms with Gasteiger partial charge in [0.1, 0.15) is 22.1 Å². The number of rotatable bonds is 7. The van der Waals surface area contributed by atoms with Crippen LogP contribution in [-0.2, 0) is 10.0 Å². The molecule has 4 rings (SSSR count). The van der Waals surface area contributed by atoms with E-state index in [0.717, 1.165) is 48.8 Å². The predicted octanol–water partition coefficient (Wildman–Crippen LogP) is 5.14. The molecule has 32 heavy (non-hydrogen) atoms. The molecule has 174 valence electrons. The molecule has 0 amide bonds. The lowest BCUT2D eigenvalue weighted by Gasteiger charge is -2.32. The van der Waals surface area contributed by atoms with Gasteiger partial charge in [0, 0.05) is 24.2 Å². The fourth-order valence-electron chi connectivity index (χ4n) is 3.86. The molecule has 1 fully saturated rings. The zero-order valence-corrected chi connectivity index (χ0v) is 20.4. The third-order valence-electron chi connectivity index (χ3n) is 5.38. The van der Waals surface area contributed by atoms with E-state index in [2.05, 4.69) is 20.0 Å². The number of aromatic nitrogens is 2. The molecule has 0 bridgehead atoms. The summed E-state index contributed by atoms with van der Waals surface area (Å²) in [4.78, 5) is 8.47. The van der Waals surface area contributed by atoms with Gasteiger partial charge in [0.05, 0.1) is 11.2 Å². The second kappa shape index (κ2) is 11.9. The monoisotopic (exact) mass is 518 g/mol. The summed E-state index contributed by atoms with van der Waals surface area (Å²) in [7, 11) is -3.92. The first kappa shape index (κ1) is 26.5. The number of sulfonamides is 1. The second-order valence-electron chi connectivity index (χ2n) is 7.36. The van der Waals surface area contributed by atoms with Crippen molar-refractivity contribution in [3.8, 4) is 11.4 Å². The van der Waals surface area contributed by atoms with E-state index >= 15 is 0 Å². The van der Waals surface area contributed by atoms with Gasteiger partial charge in [-0.2, -0.15) is 0 Å². The lowest BCUT2D eigenvalue weighted by molar-refractivity contribution is 0.301. The van der Waals surface area contributed by atoms with E-state index in [0.29, 0.717) is 6.54 Å². The van der Waals surface area contributed by atoms with Crippen molar-refractivity contribution < 1.29 is 12.8 Å². The highest BCUT2D eigenvalue weighted by atomic mass is 35.5. The summed E-state index contributed by atoms with van der Waals surface area (Å²) < 4.78 is 42.3. The van der Waals surface area contributed by atoms with Crippen LogP contribution in [0.15, 0.2) is 58.4 Å². The molecule has 11 heteroatoms.